The maximum Gasteiger partial charge on any atom is 0.326 e. The molecule has 0 saturated carbocycles. The predicted octanol–water partition coefficient (Wildman–Crippen LogP) is -0.705. The van der Waals surface area contributed by atoms with E-state index in [4.69, 9.17) is 11.5 Å². The number of hydrogen-bond donors (Lipinski definition) is 12. The second-order valence-corrected chi connectivity index (χ2v) is 18.3. The first-order chi connectivity index (χ1) is 33.1. The summed E-state index contributed by atoms with van der Waals surface area (Å²) in [6.07, 6.45) is 4.73. The van der Waals surface area contributed by atoms with E-state index in [1.807, 2.05) is 13.8 Å². The van der Waals surface area contributed by atoms with Crippen molar-refractivity contribution in [1.82, 2.24) is 52.1 Å². The monoisotopic (exact) mass is 982 g/mol. The molecule has 23 nitrogen and oxygen atoms in total. The molecule has 1 aliphatic heterocycles. The number of guanidine groups is 1. The molecule has 14 N–H and O–H groups in total. The molecule has 0 spiro atoms. The highest BCUT2D eigenvalue weighted by Crippen LogP contribution is 2.22. The van der Waals surface area contributed by atoms with Crippen molar-refractivity contribution in [3.63, 3.8) is 0 Å². The molecule has 10 atom stereocenters. The van der Waals surface area contributed by atoms with Crippen LogP contribution >= 0.6 is 0 Å². The molecule has 23 heteroatoms. The lowest BCUT2D eigenvalue weighted by Crippen LogP contribution is -2.62. The zero-order valence-corrected chi connectivity index (χ0v) is 41.5. The number of phenolic OH excluding ortho intramolecular Hbond substituents is 1. The molecule has 0 bridgehead atoms. The van der Waals surface area contributed by atoms with Gasteiger partial charge in [-0.2, -0.15) is 0 Å². The maximum absolute atomic E-state index is 14.5. The van der Waals surface area contributed by atoms with E-state index in [1.54, 1.807) is 53.8 Å². The van der Waals surface area contributed by atoms with Gasteiger partial charge in [0.1, 0.15) is 48.0 Å². The van der Waals surface area contributed by atoms with E-state index in [-0.39, 0.29) is 56.4 Å². The summed E-state index contributed by atoms with van der Waals surface area (Å²) in [4.78, 5) is 122. The van der Waals surface area contributed by atoms with Crippen LogP contribution in [0, 0.1) is 17.8 Å². The molecule has 1 fully saturated rings. The van der Waals surface area contributed by atoms with Gasteiger partial charge in [0.05, 0.1) is 12.4 Å². The number of nitrogens with one attached hydrogen (secondary N) is 8. The number of amides is 7. The third kappa shape index (κ3) is 17.3. The Balaban J connectivity index is 1.93. The summed E-state index contributed by atoms with van der Waals surface area (Å²) in [6.45, 7) is 12.4. The highest BCUT2D eigenvalue weighted by molar-refractivity contribution is 5.98. The molecule has 388 valence electrons. The number of aromatic nitrogens is 2. The van der Waals surface area contributed by atoms with E-state index in [1.165, 1.54) is 29.6 Å². The molecule has 2 aromatic rings. The minimum atomic E-state index is -1.35. The molecule has 3 rings (SSSR count). The molecular formula is C47H75N13O10. The van der Waals surface area contributed by atoms with E-state index >= 15 is 0 Å². The SMILES string of the molecule is CC[C@@H](C)[C@H](NC(=O)[C@@H]1CCCN1C(=O)[C@H](Cc1cnc[nH]1)NC(=O)[C@@H](NC(=O)[C@H](Cc1ccc(O)cc1)NC(=O)[C@@H](NC(=O)[C@H](CCCN=C(N)N)NC(=O)[C@H](C)NC)C(C)C)[C@@H](C)CC)C(=O)O. The average Bonchev–Trinajstić information content (AvgIpc) is 4.04. The molecule has 2 heterocycles. The van der Waals surface area contributed by atoms with Gasteiger partial charge < -0.3 is 68.8 Å². The van der Waals surface area contributed by atoms with Gasteiger partial charge in [0, 0.05) is 37.8 Å². The number of aliphatic carboxylic acids is 1. The van der Waals surface area contributed by atoms with Crippen LogP contribution in [0.1, 0.15) is 98.2 Å². The number of likely N-dealkylation sites (N-methyl/N-ethyl adjacent to an activating group) is 1. The number of aliphatic imine (C=N–C) groups is 1. The van der Waals surface area contributed by atoms with E-state index in [0.717, 1.165) is 0 Å². The number of H-pyrrole nitrogens is 1. The quantitative estimate of drug-likeness (QED) is 0.0285. The average molecular weight is 982 g/mol. The Morgan fingerprint density at radius 2 is 1.36 bits per heavy atom. The van der Waals surface area contributed by atoms with Gasteiger partial charge in [-0.25, -0.2) is 9.78 Å². The molecule has 1 aromatic carbocycles. The summed E-state index contributed by atoms with van der Waals surface area (Å²) in [5.41, 5.74) is 11.9. The van der Waals surface area contributed by atoms with Crippen LogP contribution in [0.5, 0.6) is 5.75 Å². The Morgan fingerprint density at radius 1 is 0.771 bits per heavy atom. The summed E-state index contributed by atoms with van der Waals surface area (Å²) in [7, 11) is 1.59. The van der Waals surface area contributed by atoms with Gasteiger partial charge in [0.2, 0.25) is 41.4 Å². The minimum Gasteiger partial charge on any atom is -0.508 e. The predicted molar refractivity (Wildman–Crippen MR) is 260 cm³/mol. The second kappa shape index (κ2) is 28.0. The first-order valence-corrected chi connectivity index (χ1v) is 23.9. The van der Waals surface area contributed by atoms with Crippen LogP contribution in [-0.4, -0.2) is 147 Å². The number of hydrogen-bond acceptors (Lipinski definition) is 12. The molecule has 7 amide bonds. The number of nitrogens with two attached hydrogens (primary N) is 2. The normalized spacial score (nSPS) is 17.3. The van der Waals surface area contributed by atoms with Crippen LogP contribution < -0.4 is 48.7 Å². The number of carboxylic acids is 1. The minimum absolute atomic E-state index is 0.0374. The van der Waals surface area contributed by atoms with E-state index in [9.17, 15) is 48.6 Å². The van der Waals surface area contributed by atoms with Gasteiger partial charge in [0.15, 0.2) is 5.96 Å². The standard InChI is InChI=1S/C47H75N13O10/c1-9-26(5)37(44(67)56-34(22-30-23-51-24-53-30)45(68)60-20-12-14-35(60)42(65)59-38(46(69)70)27(6)10-2)58-41(64)33(21-29-15-17-31(61)18-16-29)55-43(66)36(25(3)4)57-40(63)32(13-11-19-52-47(48)49)54-39(62)28(7)50-8/h15-18,23-28,32-38,50,61H,9-14,19-22H2,1-8H3,(H,51,53)(H,54,62)(H,55,66)(H,56,67)(H,57,63)(H,58,64)(H,59,65)(H,69,70)(H4,48,49,52)/t26-,27+,28-,32-,33-,34-,35-,36-,37-,38-/m0/s1. The Labute approximate surface area is 409 Å². The van der Waals surface area contributed by atoms with Crippen LogP contribution in [0.3, 0.4) is 0 Å². The number of carbonyl (C=O) groups excluding carboxylic acids is 7. The molecule has 1 aliphatic rings. The molecule has 70 heavy (non-hydrogen) atoms. The summed E-state index contributed by atoms with van der Waals surface area (Å²) in [5.74, 6) is -7.41. The Hall–Kier alpha value is -6.78. The highest BCUT2D eigenvalue weighted by Gasteiger charge is 2.41. The van der Waals surface area contributed by atoms with Gasteiger partial charge in [-0.05, 0) is 75.1 Å². The van der Waals surface area contributed by atoms with Crippen LogP contribution in [-0.2, 0) is 51.2 Å². The van der Waals surface area contributed by atoms with Crippen LogP contribution in [0.15, 0.2) is 41.8 Å². The van der Waals surface area contributed by atoms with Gasteiger partial charge in [-0.1, -0.05) is 66.5 Å². The van der Waals surface area contributed by atoms with Crippen LogP contribution in [0.2, 0.25) is 0 Å². The van der Waals surface area contributed by atoms with Crippen molar-refractivity contribution in [3.05, 3.63) is 48.0 Å². The van der Waals surface area contributed by atoms with Crippen molar-refractivity contribution in [3.8, 4) is 5.75 Å². The van der Waals surface area contributed by atoms with Crippen molar-refractivity contribution in [2.45, 2.75) is 148 Å². The first kappa shape index (κ1) is 57.5. The van der Waals surface area contributed by atoms with Crippen molar-refractivity contribution in [1.29, 1.82) is 0 Å². The lowest BCUT2D eigenvalue weighted by molar-refractivity contribution is -0.146. The van der Waals surface area contributed by atoms with Crippen molar-refractivity contribution >= 4 is 53.3 Å². The topological polar surface area (TPSA) is 358 Å². The summed E-state index contributed by atoms with van der Waals surface area (Å²) < 4.78 is 0. The van der Waals surface area contributed by atoms with Crippen molar-refractivity contribution in [2.75, 3.05) is 20.1 Å². The van der Waals surface area contributed by atoms with E-state index in [0.29, 0.717) is 36.9 Å². The molecule has 1 aromatic heterocycles. The van der Waals surface area contributed by atoms with Crippen molar-refractivity contribution < 1.29 is 48.6 Å². The summed E-state index contributed by atoms with van der Waals surface area (Å²) in [6, 6.07) is -3.05. The smallest absolute Gasteiger partial charge is 0.326 e. The number of imidazole rings is 1. The third-order valence-electron chi connectivity index (χ3n) is 12.7. The number of likely N-dealkylation sites (tertiary alicyclic amines) is 1. The molecule has 1 saturated heterocycles. The number of nitrogens with zero attached hydrogens (tertiary/aromatic N) is 3. The zero-order valence-electron chi connectivity index (χ0n) is 41.5. The fraction of sp³-hybridized carbons (Fsp3) is 0.617. The van der Waals surface area contributed by atoms with Gasteiger partial charge in [-0.15, -0.1) is 0 Å². The number of benzene rings is 1. The highest BCUT2D eigenvalue weighted by atomic mass is 16.4. The fourth-order valence-electron chi connectivity index (χ4n) is 7.80. The van der Waals surface area contributed by atoms with E-state index < -0.39 is 107 Å². The van der Waals surface area contributed by atoms with Gasteiger partial charge in [-0.3, -0.25) is 38.6 Å². The fourth-order valence-corrected chi connectivity index (χ4v) is 7.80. The first-order valence-electron chi connectivity index (χ1n) is 23.9. The molecule has 0 radical (unpaired) electrons. The van der Waals surface area contributed by atoms with E-state index in [2.05, 4.69) is 52.2 Å². The lowest BCUT2D eigenvalue weighted by Gasteiger charge is -2.32. The van der Waals surface area contributed by atoms with Crippen LogP contribution in [0.25, 0.3) is 0 Å². The largest absolute Gasteiger partial charge is 0.508 e. The van der Waals surface area contributed by atoms with Gasteiger partial charge in [0.25, 0.3) is 0 Å². The van der Waals surface area contributed by atoms with Gasteiger partial charge >= 0.3 is 5.97 Å². The molecule has 0 unspecified atom stereocenters. The Morgan fingerprint density at radius 3 is 1.93 bits per heavy atom. The maximum atomic E-state index is 14.5. The Bertz CT molecular complexity index is 2100. The number of carbonyl (C=O) groups is 8. The zero-order chi connectivity index (χ0) is 52.2. The number of carboxylic acid groups (broad SMARTS) is 1. The van der Waals surface area contributed by atoms with Crippen molar-refractivity contribution in [2.24, 2.45) is 34.2 Å². The summed E-state index contributed by atoms with van der Waals surface area (Å²) in [5, 5.41) is 39.1. The summed E-state index contributed by atoms with van der Waals surface area (Å²) >= 11 is 0. The molecular weight excluding hydrogens is 907 g/mol. The number of aromatic hydroxyl groups is 1. The number of rotatable bonds is 28. The Kier molecular flexibility index (Phi) is 23.0. The molecule has 0 aliphatic carbocycles. The number of aromatic amines is 1. The lowest BCUT2D eigenvalue weighted by atomic mass is 9.96. The second-order valence-electron chi connectivity index (χ2n) is 18.3. The van der Waals surface area contributed by atoms with Crippen LogP contribution in [0.4, 0.5) is 0 Å². The third-order valence-corrected chi connectivity index (χ3v) is 12.7. The number of phenols is 1.